The zero-order valence-corrected chi connectivity index (χ0v) is 45.9. The predicted octanol–water partition coefficient (Wildman–Crippen LogP) is 14.7. The van der Waals surface area contributed by atoms with Gasteiger partial charge in [-0.3, -0.25) is 9.59 Å². The molecule has 1 aliphatic rings. The quantitative estimate of drug-likeness (QED) is 0.0251. The Balaban J connectivity index is 2.65. The highest BCUT2D eigenvalue weighted by molar-refractivity contribution is 5.69. The molecular weight excluding hydrogens is 873 g/mol. The van der Waals surface area contributed by atoms with Crippen molar-refractivity contribution in [3.8, 4) is 0 Å². The summed E-state index contributed by atoms with van der Waals surface area (Å²) in [5.41, 5.74) is 0. The minimum Gasteiger partial charge on any atom is -0.466 e. The number of amides is 1. The van der Waals surface area contributed by atoms with Crippen LogP contribution in [-0.2, 0) is 42.7 Å². The number of carbonyl (C=O) groups is 3. The summed E-state index contributed by atoms with van der Waals surface area (Å²) in [7, 11) is 2.17. The highest BCUT2D eigenvalue weighted by atomic mass is 16.7. The molecule has 69 heavy (non-hydrogen) atoms. The summed E-state index contributed by atoms with van der Waals surface area (Å²) < 4.78 is 41.2. The first-order valence-electron chi connectivity index (χ1n) is 29.2. The Kier molecular flexibility index (Phi) is 45.5. The molecule has 1 rings (SSSR count). The van der Waals surface area contributed by atoms with Crippen molar-refractivity contribution in [2.45, 2.75) is 284 Å². The summed E-state index contributed by atoms with van der Waals surface area (Å²) in [6, 6.07) is 0.354. The molecule has 0 aromatic rings. The molecule has 0 aromatic carbocycles. The average Bonchev–Trinajstić information content (AvgIpc) is 3.35. The molecule has 0 atom stereocenters. The van der Waals surface area contributed by atoms with Gasteiger partial charge >= 0.3 is 18.0 Å². The lowest BCUT2D eigenvalue weighted by Crippen LogP contribution is -2.51. The van der Waals surface area contributed by atoms with Gasteiger partial charge in [0.1, 0.15) is 0 Å². The molecule has 0 radical (unpaired) electrons. The van der Waals surface area contributed by atoms with Gasteiger partial charge in [0.25, 0.3) is 0 Å². The lowest BCUT2D eigenvalue weighted by molar-refractivity contribution is -0.159. The van der Waals surface area contributed by atoms with E-state index in [1.807, 2.05) is 0 Å². The van der Waals surface area contributed by atoms with Crippen LogP contribution in [0.3, 0.4) is 0 Å². The van der Waals surface area contributed by atoms with Crippen LogP contribution in [-0.4, -0.2) is 119 Å². The van der Waals surface area contributed by atoms with E-state index < -0.39 is 0 Å². The Morgan fingerprint density at radius 2 is 0.739 bits per heavy atom. The second kappa shape index (κ2) is 48.3. The van der Waals surface area contributed by atoms with Gasteiger partial charge in [-0.25, -0.2) is 4.79 Å². The summed E-state index contributed by atoms with van der Waals surface area (Å²) in [4.78, 5) is 43.8. The van der Waals surface area contributed by atoms with E-state index in [4.69, 9.17) is 33.2 Å². The predicted molar refractivity (Wildman–Crippen MR) is 282 cm³/mol. The van der Waals surface area contributed by atoms with Crippen molar-refractivity contribution in [3.05, 3.63) is 0 Å². The second-order valence-corrected chi connectivity index (χ2v) is 19.9. The summed E-state index contributed by atoms with van der Waals surface area (Å²) in [6.45, 7) is 17.0. The molecular formula is C57H110N2O10. The maximum Gasteiger partial charge on any atom is 0.410 e. The van der Waals surface area contributed by atoms with Crippen LogP contribution in [0.15, 0.2) is 0 Å². The lowest BCUT2D eigenvalue weighted by atomic mass is 9.95. The fraction of sp³-hybridized carbons (Fsp3) is 0.947. The van der Waals surface area contributed by atoms with Crippen LogP contribution in [0.4, 0.5) is 4.79 Å². The summed E-state index contributed by atoms with van der Waals surface area (Å²) in [5, 5.41) is 0. The molecule has 408 valence electrons. The third kappa shape index (κ3) is 38.3. The van der Waals surface area contributed by atoms with E-state index >= 15 is 0 Å². The standard InChI is InChI=1S/C57H110N2O10/c1-7-12-17-22-33-50-69-57(62)59(52-40-42-58(6)43-41-52)51(34-25-20-18-23-31-44-63-53(60)36-38-55(65-46-27-13-8-2)66-47-28-14-9-3)35-26-21-19-24-32-45-64-54(61)37-39-56(67-48-29-15-10-4)68-49-30-16-11-5/h51-52,55-56H,7-50H2,1-6H3. The van der Waals surface area contributed by atoms with Crippen LogP contribution >= 0.6 is 0 Å². The maximum absolute atomic E-state index is 14.0. The van der Waals surface area contributed by atoms with Crippen molar-refractivity contribution in [2.75, 3.05) is 66.4 Å². The number of likely N-dealkylation sites (tertiary alicyclic amines) is 1. The van der Waals surface area contributed by atoms with E-state index in [2.05, 4.69) is 51.5 Å². The van der Waals surface area contributed by atoms with Crippen LogP contribution in [0.5, 0.6) is 0 Å². The molecule has 0 saturated carbocycles. The van der Waals surface area contributed by atoms with E-state index in [0.29, 0.717) is 71.9 Å². The Labute approximate surface area is 424 Å². The third-order valence-corrected chi connectivity index (χ3v) is 13.4. The Bertz CT molecular complexity index is 1070. The fourth-order valence-electron chi connectivity index (χ4n) is 8.94. The molecule has 1 saturated heterocycles. The molecule has 0 N–H and O–H groups in total. The van der Waals surface area contributed by atoms with Gasteiger partial charge in [-0.2, -0.15) is 0 Å². The highest BCUT2D eigenvalue weighted by Crippen LogP contribution is 2.27. The molecule has 1 aliphatic heterocycles. The number of carbonyl (C=O) groups excluding carboxylic acids is 3. The van der Waals surface area contributed by atoms with Crippen LogP contribution in [0.1, 0.15) is 259 Å². The molecule has 12 heteroatoms. The number of rotatable bonds is 50. The van der Waals surface area contributed by atoms with Crippen molar-refractivity contribution in [1.82, 2.24) is 9.80 Å². The van der Waals surface area contributed by atoms with E-state index in [9.17, 15) is 14.4 Å². The molecule has 1 fully saturated rings. The third-order valence-electron chi connectivity index (χ3n) is 13.4. The summed E-state index contributed by atoms with van der Waals surface area (Å²) in [6.07, 6.45) is 33.7. The lowest BCUT2D eigenvalue weighted by Gasteiger charge is -2.41. The maximum atomic E-state index is 14.0. The first-order chi connectivity index (χ1) is 33.8. The van der Waals surface area contributed by atoms with Crippen molar-refractivity contribution in [1.29, 1.82) is 0 Å². The topological polar surface area (TPSA) is 122 Å². The van der Waals surface area contributed by atoms with Gasteiger partial charge in [0.15, 0.2) is 12.6 Å². The van der Waals surface area contributed by atoms with Crippen molar-refractivity contribution < 1.29 is 47.5 Å². The first-order valence-corrected chi connectivity index (χ1v) is 29.2. The van der Waals surface area contributed by atoms with Crippen molar-refractivity contribution >= 4 is 18.0 Å². The molecule has 0 aliphatic carbocycles. The number of nitrogens with zero attached hydrogens (tertiary/aromatic N) is 2. The molecule has 0 bridgehead atoms. The molecule has 0 spiro atoms. The Morgan fingerprint density at radius 3 is 1.13 bits per heavy atom. The van der Waals surface area contributed by atoms with E-state index in [1.54, 1.807) is 0 Å². The zero-order valence-electron chi connectivity index (χ0n) is 45.9. The SMILES string of the molecule is CCCCCCCOC(=O)N(C(CCCCCCCOC(=O)CCC(OCCCCC)OCCCCC)CCCCCCCOC(=O)CCC(OCCCCC)OCCCCC)C1CCN(C)CC1. The zero-order chi connectivity index (χ0) is 50.3. The number of ether oxygens (including phenoxy) is 7. The number of hydrogen-bond donors (Lipinski definition) is 0. The van der Waals surface area contributed by atoms with Gasteiger partial charge < -0.3 is 43.0 Å². The van der Waals surface area contributed by atoms with Crippen molar-refractivity contribution in [3.63, 3.8) is 0 Å². The van der Waals surface area contributed by atoms with Gasteiger partial charge in [0, 0.05) is 51.4 Å². The largest absolute Gasteiger partial charge is 0.466 e. The monoisotopic (exact) mass is 983 g/mol. The van der Waals surface area contributed by atoms with Gasteiger partial charge in [0.2, 0.25) is 0 Å². The fourth-order valence-corrected chi connectivity index (χ4v) is 8.94. The van der Waals surface area contributed by atoms with Gasteiger partial charge in [-0.15, -0.1) is 0 Å². The van der Waals surface area contributed by atoms with Crippen LogP contribution in [0, 0.1) is 0 Å². The smallest absolute Gasteiger partial charge is 0.410 e. The summed E-state index contributed by atoms with van der Waals surface area (Å²) >= 11 is 0. The van der Waals surface area contributed by atoms with Gasteiger partial charge in [0.05, 0.1) is 32.7 Å². The molecule has 1 amide bonds. The first kappa shape index (κ1) is 65.0. The minimum absolute atomic E-state index is 0.122. The van der Waals surface area contributed by atoms with Crippen LogP contribution in [0.25, 0.3) is 0 Å². The van der Waals surface area contributed by atoms with Gasteiger partial charge in [-0.1, -0.05) is 163 Å². The van der Waals surface area contributed by atoms with Crippen molar-refractivity contribution in [2.24, 2.45) is 0 Å². The summed E-state index contributed by atoms with van der Waals surface area (Å²) in [5.74, 6) is -0.352. The molecule has 0 unspecified atom stereocenters. The number of unbranched alkanes of at least 4 members (excludes halogenated alkanes) is 20. The molecule has 0 aromatic heterocycles. The van der Waals surface area contributed by atoms with Crippen LogP contribution < -0.4 is 0 Å². The number of esters is 2. The number of hydrogen-bond acceptors (Lipinski definition) is 11. The molecule has 12 nitrogen and oxygen atoms in total. The van der Waals surface area contributed by atoms with E-state index in [-0.39, 0.29) is 42.7 Å². The highest BCUT2D eigenvalue weighted by Gasteiger charge is 2.33. The molecule has 1 heterocycles. The normalized spacial score (nSPS) is 13.5. The average molecular weight is 984 g/mol. The second-order valence-electron chi connectivity index (χ2n) is 19.9. The Morgan fingerprint density at radius 1 is 0.420 bits per heavy atom. The number of piperidine rings is 1. The van der Waals surface area contributed by atoms with Crippen LogP contribution in [0.2, 0.25) is 0 Å². The van der Waals surface area contributed by atoms with E-state index in [0.717, 1.165) is 193 Å². The van der Waals surface area contributed by atoms with E-state index in [1.165, 1.54) is 19.3 Å². The minimum atomic E-state index is -0.345. The Hall–Kier alpha value is -1.99. The van der Waals surface area contributed by atoms with Gasteiger partial charge in [-0.05, 0) is 90.8 Å².